The van der Waals surface area contributed by atoms with E-state index in [4.69, 9.17) is 0 Å². The summed E-state index contributed by atoms with van der Waals surface area (Å²) in [5, 5.41) is 3.38. The summed E-state index contributed by atoms with van der Waals surface area (Å²) >= 11 is 0. The van der Waals surface area contributed by atoms with Crippen LogP contribution in [0.5, 0.6) is 0 Å². The molecule has 1 N–H and O–H groups in total. The van der Waals surface area contributed by atoms with Gasteiger partial charge in [0.15, 0.2) is 0 Å². The van der Waals surface area contributed by atoms with Gasteiger partial charge in [-0.05, 0) is 38.1 Å². The third-order valence-corrected chi connectivity index (χ3v) is 3.26. The molecule has 88 valence electrons. The number of hydrogen-bond donors (Lipinski definition) is 1. The highest BCUT2D eigenvalue weighted by Crippen LogP contribution is 2.21. The lowest BCUT2D eigenvalue weighted by Crippen LogP contribution is -2.28. The normalized spacial score (nSPS) is 17.2. The monoisotopic (exact) mass is 228 g/mol. The van der Waals surface area contributed by atoms with E-state index in [2.05, 4.69) is 26.0 Å². The van der Waals surface area contributed by atoms with Crippen LogP contribution < -0.4 is 5.32 Å². The van der Waals surface area contributed by atoms with Crippen molar-refractivity contribution < 1.29 is 0 Å². The number of piperidine rings is 1. The molecule has 17 heavy (non-hydrogen) atoms. The Morgan fingerprint density at radius 1 is 1.12 bits per heavy atom. The molecule has 4 heteroatoms. The van der Waals surface area contributed by atoms with Crippen molar-refractivity contribution in [2.75, 3.05) is 13.1 Å². The zero-order valence-electron chi connectivity index (χ0n) is 9.71. The summed E-state index contributed by atoms with van der Waals surface area (Å²) in [6.45, 7) is 2.20. The van der Waals surface area contributed by atoms with Gasteiger partial charge in [0.2, 0.25) is 0 Å². The number of rotatable bonds is 2. The van der Waals surface area contributed by atoms with Gasteiger partial charge in [0.25, 0.3) is 0 Å². The van der Waals surface area contributed by atoms with Crippen LogP contribution in [0.25, 0.3) is 11.4 Å². The zero-order chi connectivity index (χ0) is 11.5. The molecule has 1 fully saturated rings. The molecule has 1 saturated heterocycles. The van der Waals surface area contributed by atoms with Gasteiger partial charge in [0, 0.05) is 18.4 Å². The Labute approximate surface area is 101 Å². The average molecular weight is 228 g/mol. The second-order valence-electron chi connectivity index (χ2n) is 4.40. The van der Waals surface area contributed by atoms with Crippen molar-refractivity contribution in [2.45, 2.75) is 18.9 Å². The van der Waals surface area contributed by atoms with Crippen molar-refractivity contribution >= 4 is 0 Å². The molecule has 3 rings (SSSR count). The van der Waals surface area contributed by atoms with Crippen molar-refractivity contribution in [1.29, 1.82) is 0 Å². The fraction of sp³-hybridized carbons (Fsp3) is 0.385. The summed E-state index contributed by atoms with van der Waals surface area (Å²) < 4.78 is 2.23. The maximum absolute atomic E-state index is 4.44. The highest BCUT2D eigenvalue weighted by Gasteiger charge is 2.15. The minimum absolute atomic E-state index is 0.584. The molecule has 0 bridgehead atoms. The van der Waals surface area contributed by atoms with Crippen molar-refractivity contribution in [3.8, 4) is 11.4 Å². The second kappa shape index (κ2) is 4.67. The Kier molecular flexibility index (Phi) is 2.88. The molecule has 1 aliphatic heterocycles. The highest BCUT2D eigenvalue weighted by molar-refractivity contribution is 5.52. The average Bonchev–Trinajstić information content (AvgIpc) is 2.90. The van der Waals surface area contributed by atoms with E-state index in [1.165, 1.54) is 12.8 Å². The van der Waals surface area contributed by atoms with Crippen LogP contribution in [0.1, 0.15) is 18.9 Å². The summed E-state index contributed by atoms with van der Waals surface area (Å²) in [5.41, 5.74) is 1.91. The topological polar surface area (TPSA) is 42.7 Å². The Morgan fingerprint density at radius 3 is 2.76 bits per heavy atom. The van der Waals surface area contributed by atoms with Gasteiger partial charge in [-0.2, -0.15) is 0 Å². The molecule has 2 aromatic rings. The van der Waals surface area contributed by atoms with Crippen LogP contribution in [0.15, 0.2) is 36.9 Å². The molecule has 0 aromatic carbocycles. The molecule has 0 amide bonds. The number of pyridine rings is 1. The van der Waals surface area contributed by atoms with Crippen LogP contribution in [0.3, 0.4) is 0 Å². The summed E-state index contributed by atoms with van der Waals surface area (Å²) in [6, 6.07) is 6.50. The molecule has 0 atom stereocenters. The number of aromatic nitrogens is 3. The smallest absolute Gasteiger partial charge is 0.107 e. The molecular weight excluding hydrogens is 212 g/mol. The van der Waals surface area contributed by atoms with Gasteiger partial charge >= 0.3 is 0 Å². The highest BCUT2D eigenvalue weighted by atomic mass is 15.1. The van der Waals surface area contributed by atoms with Crippen LogP contribution in [0, 0.1) is 0 Å². The number of hydrogen-bond acceptors (Lipinski definition) is 3. The number of imidazole rings is 1. The first-order valence-corrected chi connectivity index (χ1v) is 6.09. The van der Waals surface area contributed by atoms with E-state index in [1.807, 2.05) is 24.5 Å². The van der Waals surface area contributed by atoms with Crippen molar-refractivity contribution in [2.24, 2.45) is 0 Å². The third kappa shape index (κ3) is 2.22. The predicted octanol–water partition coefficient (Wildman–Crippen LogP) is 1.87. The molecule has 0 radical (unpaired) electrons. The summed E-state index contributed by atoms with van der Waals surface area (Å²) in [4.78, 5) is 8.76. The van der Waals surface area contributed by atoms with Crippen molar-refractivity contribution in [3.05, 3.63) is 36.9 Å². The Hall–Kier alpha value is -1.68. The van der Waals surface area contributed by atoms with Crippen LogP contribution >= 0.6 is 0 Å². The molecule has 2 aromatic heterocycles. The molecular formula is C13H16N4. The van der Waals surface area contributed by atoms with Crippen LogP contribution in [0.2, 0.25) is 0 Å². The maximum Gasteiger partial charge on any atom is 0.107 e. The Morgan fingerprint density at radius 2 is 2.00 bits per heavy atom. The van der Waals surface area contributed by atoms with E-state index < -0.39 is 0 Å². The van der Waals surface area contributed by atoms with E-state index in [-0.39, 0.29) is 0 Å². The second-order valence-corrected chi connectivity index (χ2v) is 4.40. The van der Waals surface area contributed by atoms with Gasteiger partial charge in [0.1, 0.15) is 5.69 Å². The van der Waals surface area contributed by atoms with Gasteiger partial charge < -0.3 is 9.88 Å². The van der Waals surface area contributed by atoms with Crippen LogP contribution in [-0.4, -0.2) is 27.6 Å². The van der Waals surface area contributed by atoms with E-state index >= 15 is 0 Å². The summed E-state index contributed by atoms with van der Waals surface area (Å²) in [7, 11) is 0. The quantitative estimate of drug-likeness (QED) is 0.853. The fourth-order valence-corrected chi connectivity index (χ4v) is 2.29. The third-order valence-electron chi connectivity index (χ3n) is 3.26. The lowest BCUT2D eigenvalue weighted by Gasteiger charge is -2.23. The maximum atomic E-state index is 4.44. The molecule has 1 aliphatic rings. The first kappa shape index (κ1) is 10.5. The predicted molar refractivity (Wildman–Crippen MR) is 66.6 cm³/mol. The first-order chi connectivity index (χ1) is 8.43. The van der Waals surface area contributed by atoms with Gasteiger partial charge in [-0.15, -0.1) is 0 Å². The van der Waals surface area contributed by atoms with Crippen molar-refractivity contribution in [3.63, 3.8) is 0 Å². The largest absolute Gasteiger partial charge is 0.334 e. The summed E-state index contributed by atoms with van der Waals surface area (Å²) in [5.74, 6) is 0. The van der Waals surface area contributed by atoms with Gasteiger partial charge in [-0.1, -0.05) is 6.07 Å². The Balaban J connectivity index is 1.83. The minimum atomic E-state index is 0.584. The molecule has 0 spiro atoms. The molecule has 4 nitrogen and oxygen atoms in total. The lowest BCUT2D eigenvalue weighted by molar-refractivity contribution is 0.368. The van der Waals surface area contributed by atoms with E-state index in [9.17, 15) is 0 Å². The lowest BCUT2D eigenvalue weighted by atomic mass is 10.1. The molecule has 0 saturated carbocycles. The zero-order valence-corrected chi connectivity index (χ0v) is 9.71. The van der Waals surface area contributed by atoms with E-state index in [0.29, 0.717) is 6.04 Å². The van der Waals surface area contributed by atoms with Crippen LogP contribution in [-0.2, 0) is 0 Å². The van der Waals surface area contributed by atoms with Crippen LogP contribution in [0.4, 0.5) is 0 Å². The number of nitrogens with one attached hydrogen (secondary N) is 1. The number of nitrogens with zero attached hydrogens (tertiary/aromatic N) is 3. The molecule has 0 unspecified atom stereocenters. The fourth-order valence-electron chi connectivity index (χ4n) is 2.29. The molecule has 3 heterocycles. The summed E-state index contributed by atoms with van der Waals surface area (Å²) in [6.07, 6.45) is 8.20. The van der Waals surface area contributed by atoms with E-state index in [1.54, 1.807) is 6.20 Å². The van der Waals surface area contributed by atoms with Gasteiger partial charge in [0.05, 0.1) is 12.0 Å². The SMILES string of the molecule is c1ccc(-c2cn(C3CCNCC3)cn2)nc1. The van der Waals surface area contributed by atoms with E-state index in [0.717, 1.165) is 24.5 Å². The standard InChI is InChI=1S/C13H16N4/c1-2-6-15-12(3-1)13-9-17(10-16-13)11-4-7-14-8-5-11/h1-3,6,9-11,14H,4-5,7-8H2. The molecule has 0 aliphatic carbocycles. The first-order valence-electron chi connectivity index (χ1n) is 6.09. The van der Waals surface area contributed by atoms with Gasteiger partial charge in [-0.25, -0.2) is 4.98 Å². The Bertz CT molecular complexity index is 471. The minimum Gasteiger partial charge on any atom is -0.334 e. The van der Waals surface area contributed by atoms with Crippen molar-refractivity contribution in [1.82, 2.24) is 19.9 Å². The van der Waals surface area contributed by atoms with Gasteiger partial charge in [-0.3, -0.25) is 4.98 Å².